The fraction of sp³-hybridized carbons (Fsp3) is 0.280. The molecule has 6 heteroatoms. The molecule has 0 unspecified atom stereocenters. The number of ether oxygens (including phenoxy) is 4. The fourth-order valence-corrected chi connectivity index (χ4v) is 2.93. The number of benzene rings is 2. The monoisotopic (exact) mass is 424 g/mol. The average molecular weight is 424 g/mol. The van der Waals surface area contributed by atoms with Gasteiger partial charge in [0.15, 0.2) is 11.5 Å². The molecule has 2 aromatic carbocycles. The first-order valence-electron chi connectivity index (χ1n) is 9.90. The molecule has 0 aliphatic carbocycles. The lowest BCUT2D eigenvalue weighted by Crippen LogP contribution is -2.15. The van der Waals surface area contributed by atoms with E-state index in [0.29, 0.717) is 36.7 Å². The number of carbonyl (C=O) groups is 2. The third-order valence-electron chi connectivity index (χ3n) is 4.44. The molecule has 0 aliphatic rings. The highest BCUT2D eigenvalue weighted by atomic mass is 16.5. The van der Waals surface area contributed by atoms with Gasteiger partial charge in [-0.2, -0.15) is 0 Å². The van der Waals surface area contributed by atoms with Gasteiger partial charge in [0.1, 0.15) is 12.2 Å². The maximum atomic E-state index is 12.0. The van der Waals surface area contributed by atoms with Crippen LogP contribution in [-0.2, 0) is 32.1 Å². The number of allylic oxidation sites excluding steroid dienone is 1. The molecule has 0 radical (unpaired) electrons. The smallest absolute Gasteiger partial charge is 0.345 e. The number of hydrogen-bond donors (Lipinski definition) is 0. The number of rotatable bonds is 10. The molecule has 0 N–H and O–H groups in total. The van der Waals surface area contributed by atoms with Crippen molar-refractivity contribution in [3.63, 3.8) is 0 Å². The lowest BCUT2D eigenvalue weighted by Gasteiger charge is -2.17. The minimum Gasteiger partial charge on any atom is -0.490 e. The molecule has 0 saturated carbocycles. The van der Waals surface area contributed by atoms with Crippen molar-refractivity contribution in [1.82, 2.24) is 0 Å². The quantitative estimate of drug-likeness (QED) is 0.185. The highest BCUT2D eigenvalue weighted by molar-refractivity contribution is 6.17. The van der Waals surface area contributed by atoms with Crippen LogP contribution in [0.1, 0.15) is 29.2 Å². The highest BCUT2D eigenvalue weighted by Crippen LogP contribution is 2.35. The van der Waals surface area contributed by atoms with Crippen LogP contribution in [0.5, 0.6) is 11.5 Å². The van der Waals surface area contributed by atoms with Crippen LogP contribution >= 0.6 is 0 Å². The van der Waals surface area contributed by atoms with Crippen LogP contribution in [0.2, 0.25) is 0 Å². The molecule has 0 fully saturated rings. The molecule has 0 atom stereocenters. The van der Waals surface area contributed by atoms with Crippen LogP contribution in [0.25, 0.3) is 6.08 Å². The number of aryl methyl sites for hydroxylation is 1. The molecule has 2 rings (SSSR count). The van der Waals surface area contributed by atoms with Gasteiger partial charge in [-0.1, -0.05) is 35.9 Å². The van der Waals surface area contributed by atoms with E-state index in [9.17, 15) is 9.59 Å². The van der Waals surface area contributed by atoms with E-state index < -0.39 is 11.9 Å². The van der Waals surface area contributed by atoms with E-state index >= 15 is 0 Å². The standard InChI is InChI=1S/C25H28O6/c1-6-8-20-13-19(14-21(24(26)28-4)25(27)29-5)15-22(30-7-2)23(20)31-16-18-11-9-17(3)10-12-18/h6,9-15H,1,7-8,16H2,2-5H3. The van der Waals surface area contributed by atoms with Crippen molar-refractivity contribution < 1.29 is 28.5 Å². The van der Waals surface area contributed by atoms with Crippen molar-refractivity contribution >= 4 is 18.0 Å². The largest absolute Gasteiger partial charge is 0.490 e. The van der Waals surface area contributed by atoms with Crippen molar-refractivity contribution in [3.8, 4) is 11.5 Å². The van der Waals surface area contributed by atoms with Gasteiger partial charge in [0, 0.05) is 5.56 Å². The van der Waals surface area contributed by atoms with Gasteiger partial charge in [-0.25, -0.2) is 9.59 Å². The zero-order valence-electron chi connectivity index (χ0n) is 18.4. The summed E-state index contributed by atoms with van der Waals surface area (Å²) in [5.41, 5.74) is 3.38. The van der Waals surface area contributed by atoms with Crippen molar-refractivity contribution in [3.05, 3.63) is 76.9 Å². The molecule has 0 saturated heterocycles. The first-order chi connectivity index (χ1) is 14.9. The summed E-state index contributed by atoms with van der Waals surface area (Å²) in [6.45, 7) is 8.50. The molecule has 0 heterocycles. The Balaban J connectivity index is 2.49. The van der Waals surface area contributed by atoms with E-state index in [1.54, 1.807) is 12.1 Å². The minimum atomic E-state index is -0.783. The lowest BCUT2D eigenvalue weighted by atomic mass is 10.0. The molecule has 6 nitrogen and oxygen atoms in total. The summed E-state index contributed by atoms with van der Waals surface area (Å²) in [6, 6.07) is 11.6. The summed E-state index contributed by atoms with van der Waals surface area (Å²) in [4.78, 5) is 24.0. The maximum Gasteiger partial charge on any atom is 0.345 e. The van der Waals surface area contributed by atoms with E-state index in [4.69, 9.17) is 18.9 Å². The fourth-order valence-electron chi connectivity index (χ4n) is 2.93. The van der Waals surface area contributed by atoms with Gasteiger partial charge in [-0.05, 0) is 49.6 Å². The first kappa shape index (κ1) is 23.7. The zero-order valence-corrected chi connectivity index (χ0v) is 18.4. The third kappa shape index (κ3) is 6.47. The Kier molecular flexibility index (Phi) is 8.88. The Labute approximate surface area is 183 Å². The molecule has 0 aromatic heterocycles. The van der Waals surface area contributed by atoms with Crippen LogP contribution in [0.3, 0.4) is 0 Å². The molecule has 0 amide bonds. The van der Waals surface area contributed by atoms with Crippen LogP contribution < -0.4 is 9.47 Å². The average Bonchev–Trinajstić information content (AvgIpc) is 2.77. The second kappa shape index (κ2) is 11.6. The number of hydrogen-bond acceptors (Lipinski definition) is 6. The van der Waals surface area contributed by atoms with E-state index in [1.807, 2.05) is 44.2 Å². The summed E-state index contributed by atoms with van der Waals surface area (Å²) < 4.78 is 21.3. The van der Waals surface area contributed by atoms with E-state index in [-0.39, 0.29) is 5.57 Å². The van der Waals surface area contributed by atoms with E-state index in [0.717, 1.165) is 11.1 Å². The van der Waals surface area contributed by atoms with Crippen LogP contribution in [-0.4, -0.2) is 32.8 Å². The Morgan fingerprint density at radius 2 is 1.65 bits per heavy atom. The van der Waals surface area contributed by atoms with Gasteiger partial charge >= 0.3 is 11.9 Å². The van der Waals surface area contributed by atoms with Crippen LogP contribution in [0, 0.1) is 6.92 Å². The van der Waals surface area contributed by atoms with Gasteiger partial charge in [0.2, 0.25) is 0 Å². The summed E-state index contributed by atoms with van der Waals surface area (Å²) in [5, 5.41) is 0. The van der Waals surface area contributed by atoms with Gasteiger partial charge < -0.3 is 18.9 Å². The SMILES string of the molecule is C=CCc1cc(C=C(C(=O)OC)C(=O)OC)cc(OCC)c1OCc1ccc(C)cc1. The summed E-state index contributed by atoms with van der Waals surface area (Å²) >= 11 is 0. The highest BCUT2D eigenvalue weighted by Gasteiger charge is 2.21. The molecule has 0 aliphatic heterocycles. The van der Waals surface area contributed by atoms with Gasteiger partial charge in [-0.3, -0.25) is 0 Å². The number of esters is 2. The number of methoxy groups -OCH3 is 2. The molecular formula is C25H28O6. The predicted molar refractivity (Wildman–Crippen MR) is 119 cm³/mol. The maximum absolute atomic E-state index is 12.0. The Bertz CT molecular complexity index is 939. The van der Waals surface area contributed by atoms with E-state index in [2.05, 4.69) is 6.58 Å². The molecule has 31 heavy (non-hydrogen) atoms. The van der Waals surface area contributed by atoms with E-state index in [1.165, 1.54) is 25.9 Å². The van der Waals surface area contributed by atoms with Crippen molar-refractivity contribution in [1.29, 1.82) is 0 Å². The van der Waals surface area contributed by atoms with Crippen molar-refractivity contribution in [2.45, 2.75) is 26.9 Å². The molecule has 2 aromatic rings. The van der Waals surface area contributed by atoms with Crippen LogP contribution in [0.4, 0.5) is 0 Å². The van der Waals surface area contributed by atoms with Crippen molar-refractivity contribution in [2.75, 3.05) is 20.8 Å². The summed E-state index contributed by atoms with van der Waals surface area (Å²) in [7, 11) is 2.41. The lowest BCUT2D eigenvalue weighted by molar-refractivity contribution is -0.143. The van der Waals surface area contributed by atoms with Crippen molar-refractivity contribution in [2.24, 2.45) is 0 Å². The molecule has 0 bridgehead atoms. The second-order valence-electron chi connectivity index (χ2n) is 6.75. The minimum absolute atomic E-state index is 0.217. The third-order valence-corrected chi connectivity index (χ3v) is 4.44. The van der Waals surface area contributed by atoms with Gasteiger partial charge in [-0.15, -0.1) is 6.58 Å². The Hall–Kier alpha value is -3.54. The molecule has 164 valence electrons. The van der Waals surface area contributed by atoms with Gasteiger partial charge in [0.05, 0.1) is 20.8 Å². The summed E-state index contributed by atoms with van der Waals surface area (Å²) in [6.07, 6.45) is 3.67. The molecule has 0 spiro atoms. The normalized spacial score (nSPS) is 10.1. The summed E-state index contributed by atoms with van der Waals surface area (Å²) in [5.74, 6) is -0.462. The zero-order chi connectivity index (χ0) is 22.8. The second-order valence-corrected chi connectivity index (χ2v) is 6.75. The Morgan fingerprint density at radius 1 is 1.00 bits per heavy atom. The first-order valence-corrected chi connectivity index (χ1v) is 9.90. The Morgan fingerprint density at radius 3 is 2.19 bits per heavy atom. The number of carbonyl (C=O) groups excluding carboxylic acids is 2. The van der Waals surface area contributed by atoms with Crippen LogP contribution in [0.15, 0.2) is 54.6 Å². The molecular weight excluding hydrogens is 396 g/mol. The topological polar surface area (TPSA) is 71.1 Å². The predicted octanol–water partition coefficient (Wildman–Crippen LogP) is 4.43. The van der Waals surface area contributed by atoms with Gasteiger partial charge in [0.25, 0.3) is 0 Å².